The van der Waals surface area contributed by atoms with Gasteiger partial charge in [-0.25, -0.2) is 4.79 Å². The van der Waals surface area contributed by atoms with Gasteiger partial charge in [0.25, 0.3) is 0 Å². The molecule has 0 radical (unpaired) electrons. The predicted molar refractivity (Wildman–Crippen MR) is 159 cm³/mol. The SMILES string of the molecule is CC(C)CCC[C@@H](C)[C@H]1CCC2C3CC=C4CC(OC(=O)c5ccc(Cl)cc5Cl)CC[C@]4(C)C3CC[C@@]21C. The van der Waals surface area contributed by atoms with Gasteiger partial charge in [-0.05, 0) is 109 Å². The standard InChI is InChI=1S/C34H48Cl2O2/c1-21(2)7-6-8-22(3)28-13-14-29-26-11-9-23-19-25(38-32(37)27-12-10-24(35)20-31(27)36)15-17-33(23,4)30(26)16-18-34(28,29)5/h9-10,12,20-22,25-26,28-30H,6-8,11,13-19H2,1-5H3/t22-,25?,26?,28-,29?,30?,33+,34-/m1/s1. The van der Waals surface area contributed by atoms with Crippen LogP contribution in [0.15, 0.2) is 29.8 Å². The first kappa shape index (κ1) is 28.5. The minimum atomic E-state index is -0.331. The van der Waals surface area contributed by atoms with Crippen LogP contribution < -0.4 is 0 Å². The number of benzene rings is 1. The van der Waals surface area contributed by atoms with Crippen molar-refractivity contribution in [2.24, 2.45) is 46.3 Å². The van der Waals surface area contributed by atoms with Crippen molar-refractivity contribution in [3.05, 3.63) is 45.5 Å². The largest absolute Gasteiger partial charge is 0.458 e. The van der Waals surface area contributed by atoms with Crippen molar-refractivity contribution in [3.63, 3.8) is 0 Å². The molecule has 210 valence electrons. The third-order valence-electron chi connectivity index (χ3n) is 11.7. The molecule has 1 aromatic carbocycles. The summed E-state index contributed by atoms with van der Waals surface area (Å²) >= 11 is 12.3. The molecule has 8 atom stereocenters. The van der Waals surface area contributed by atoms with Gasteiger partial charge in [-0.2, -0.15) is 0 Å². The fourth-order valence-electron chi connectivity index (χ4n) is 9.62. The van der Waals surface area contributed by atoms with Gasteiger partial charge >= 0.3 is 5.97 Å². The van der Waals surface area contributed by atoms with E-state index in [1.807, 2.05) is 0 Å². The normalized spacial score (nSPS) is 37.2. The number of hydrogen-bond acceptors (Lipinski definition) is 2. The highest BCUT2D eigenvalue weighted by molar-refractivity contribution is 6.36. The maximum atomic E-state index is 12.9. The smallest absolute Gasteiger partial charge is 0.339 e. The summed E-state index contributed by atoms with van der Waals surface area (Å²) in [6.45, 7) is 12.5. The molecule has 4 aliphatic rings. The molecule has 1 aromatic rings. The molecule has 5 rings (SSSR count). The van der Waals surface area contributed by atoms with Gasteiger partial charge in [0.15, 0.2) is 0 Å². The maximum absolute atomic E-state index is 12.9. The predicted octanol–water partition coefficient (Wildman–Crippen LogP) is 10.6. The number of halogens is 2. The molecule has 2 nitrogen and oxygen atoms in total. The zero-order valence-corrected chi connectivity index (χ0v) is 25.7. The third kappa shape index (κ3) is 5.23. The zero-order chi connectivity index (χ0) is 27.2. The van der Waals surface area contributed by atoms with E-state index in [0.717, 1.165) is 54.8 Å². The lowest BCUT2D eigenvalue weighted by Crippen LogP contribution is -2.51. The van der Waals surface area contributed by atoms with E-state index < -0.39 is 0 Å². The fourth-order valence-corrected chi connectivity index (χ4v) is 10.1. The number of rotatable bonds is 7. The molecule has 38 heavy (non-hydrogen) atoms. The molecule has 3 saturated carbocycles. The average molecular weight is 560 g/mol. The van der Waals surface area contributed by atoms with Crippen LogP contribution in [-0.4, -0.2) is 12.1 Å². The lowest BCUT2D eigenvalue weighted by atomic mass is 9.47. The van der Waals surface area contributed by atoms with Crippen molar-refractivity contribution in [2.75, 3.05) is 0 Å². The average Bonchev–Trinajstić information content (AvgIpc) is 3.21. The van der Waals surface area contributed by atoms with Crippen LogP contribution in [0.1, 0.15) is 116 Å². The van der Waals surface area contributed by atoms with Gasteiger partial charge in [-0.1, -0.05) is 88.7 Å². The number of carbonyl (C=O) groups excluding carboxylic acids is 1. The van der Waals surface area contributed by atoms with E-state index in [2.05, 4.69) is 40.7 Å². The molecule has 0 amide bonds. The Kier molecular flexibility index (Phi) is 8.35. The number of esters is 1. The van der Waals surface area contributed by atoms with E-state index in [1.54, 1.807) is 23.8 Å². The van der Waals surface area contributed by atoms with E-state index in [4.69, 9.17) is 27.9 Å². The molecule has 0 bridgehead atoms. The first-order valence-electron chi connectivity index (χ1n) is 15.4. The Morgan fingerprint density at radius 1 is 1.03 bits per heavy atom. The topological polar surface area (TPSA) is 26.3 Å². The molecular formula is C34H48Cl2O2. The third-order valence-corrected chi connectivity index (χ3v) is 12.2. The molecule has 4 unspecified atom stereocenters. The Bertz CT molecular complexity index is 1060. The summed E-state index contributed by atoms with van der Waals surface area (Å²) in [4.78, 5) is 12.9. The number of ether oxygens (including phenoxy) is 1. The second-order valence-electron chi connectivity index (χ2n) is 14.2. The Hall–Kier alpha value is -0.990. The summed E-state index contributed by atoms with van der Waals surface area (Å²) in [5, 5.41) is 0.886. The number of allylic oxidation sites excluding steroid dienone is 1. The van der Waals surface area contributed by atoms with Crippen molar-refractivity contribution in [2.45, 2.75) is 111 Å². The van der Waals surface area contributed by atoms with E-state index in [1.165, 1.54) is 51.4 Å². The van der Waals surface area contributed by atoms with Crippen molar-refractivity contribution in [1.82, 2.24) is 0 Å². The van der Waals surface area contributed by atoms with Gasteiger partial charge in [-0.15, -0.1) is 0 Å². The van der Waals surface area contributed by atoms with Crippen LogP contribution in [0.25, 0.3) is 0 Å². The van der Waals surface area contributed by atoms with Gasteiger partial charge < -0.3 is 4.74 Å². The number of carbonyl (C=O) groups is 1. The summed E-state index contributed by atoms with van der Waals surface area (Å²) in [6.07, 6.45) is 16.4. The molecular weight excluding hydrogens is 511 g/mol. The Labute approximate surface area is 241 Å². The Morgan fingerprint density at radius 2 is 1.82 bits per heavy atom. The molecule has 0 aromatic heterocycles. The molecule has 0 N–H and O–H groups in total. The summed E-state index contributed by atoms with van der Waals surface area (Å²) in [6, 6.07) is 4.98. The van der Waals surface area contributed by atoms with Crippen LogP contribution in [0, 0.1) is 46.3 Å². The molecule has 0 heterocycles. The summed E-state index contributed by atoms with van der Waals surface area (Å²) in [5.41, 5.74) is 2.73. The lowest BCUT2D eigenvalue weighted by molar-refractivity contribution is -0.0594. The fraction of sp³-hybridized carbons (Fsp3) is 0.735. The Morgan fingerprint density at radius 3 is 2.55 bits per heavy atom. The summed E-state index contributed by atoms with van der Waals surface area (Å²) in [5.74, 6) is 4.71. The van der Waals surface area contributed by atoms with Crippen molar-refractivity contribution >= 4 is 29.2 Å². The molecule has 3 fully saturated rings. The highest BCUT2D eigenvalue weighted by Gasteiger charge is 2.59. The highest BCUT2D eigenvalue weighted by Crippen LogP contribution is 2.67. The molecule has 4 aliphatic carbocycles. The number of hydrogen-bond donors (Lipinski definition) is 0. The minimum absolute atomic E-state index is 0.0680. The minimum Gasteiger partial charge on any atom is -0.458 e. The lowest BCUT2D eigenvalue weighted by Gasteiger charge is -2.58. The van der Waals surface area contributed by atoms with Crippen LogP contribution in [0.4, 0.5) is 0 Å². The zero-order valence-electron chi connectivity index (χ0n) is 24.2. The van der Waals surface area contributed by atoms with Crippen molar-refractivity contribution < 1.29 is 9.53 Å². The maximum Gasteiger partial charge on any atom is 0.339 e. The van der Waals surface area contributed by atoms with E-state index in [9.17, 15) is 4.79 Å². The van der Waals surface area contributed by atoms with Gasteiger partial charge in [0.05, 0.1) is 10.6 Å². The quantitative estimate of drug-likeness (QED) is 0.245. The summed E-state index contributed by atoms with van der Waals surface area (Å²) < 4.78 is 5.99. The summed E-state index contributed by atoms with van der Waals surface area (Å²) in [7, 11) is 0. The monoisotopic (exact) mass is 558 g/mol. The molecule has 4 heteroatoms. The first-order chi connectivity index (χ1) is 18.0. The van der Waals surface area contributed by atoms with Crippen LogP contribution in [0.3, 0.4) is 0 Å². The van der Waals surface area contributed by atoms with E-state index in [-0.39, 0.29) is 17.5 Å². The molecule has 0 saturated heterocycles. The number of fused-ring (bicyclic) bond motifs is 5. The Balaban J connectivity index is 1.25. The van der Waals surface area contributed by atoms with Crippen LogP contribution in [0.2, 0.25) is 10.0 Å². The molecule has 0 spiro atoms. The van der Waals surface area contributed by atoms with Crippen molar-refractivity contribution in [1.29, 1.82) is 0 Å². The second-order valence-corrected chi connectivity index (χ2v) is 15.0. The molecule has 0 aliphatic heterocycles. The van der Waals surface area contributed by atoms with E-state index in [0.29, 0.717) is 21.0 Å². The van der Waals surface area contributed by atoms with Gasteiger partial charge in [0.1, 0.15) is 6.10 Å². The van der Waals surface area contributed by atoms with Crippen LogP contribution >= 0.6 is 23.2 Å². The van der Waals surface area contributed by atoms with E-state index >= 15 is 0 Å². The van der Waals surface area contributed by atoms with Gasteiger partial charge in [0.2, 0.25) is 0 Å². The van der Waals surface area contributed by atoms with Crippen LogP contribution in [-0.2, 0) is 4.74 Å². The van der Waals surface area contributed by atoms with Crippen LogP contribution in [0.5, 0.6) is 0 Å². The van der Waals surface area contributed by atoms with Gasteiger partial charge in [0, 0.05) is 11.4 Å². The second kappa shape index (κ2) is 11.1. The highest BCUT2D eigenvalue weighted by atomic mass is 35.5. The van der Waals surface area contributed by atoms with Gasteiger partial charge in [-0.3, -0.25) is 0 Å². The first-order valence-corrected chi connectivity index (χ1v) is 16.1. The van der Waals surface area contributed by atoms with Crippen molar-refractivity contribution in [3.8, 4) is 0 Å².